The van der Waals surface area contributed by atoms with Crippen molar-refractivity contribution >= 4 is 47.3 Å². The van der Waals surface area contributed by atoms with Gasteiger partial charge in [0.1, 0.15) is 5.78 Å². The van der Waals surface area contributed by atoms with Crippen LogP contribution in [0.5, 0.6) is 0 Å². The van der Waals surface area contributed by atoms with Gasteiger partial charge in [-0.05, 0) is 87.4 Å². The Hall–Kier alpha value is -2.41. The molecule has 2 aliphatic rings. The molecule has 1 atom stereocenters. The van der Waals surface area contributed by atoms with E-state index in [2.05, 4.69) is 40.5 Å². The first-order valence-electron chi connectivity index (χ1n) is 15.1. The summed E-state index contributed by atoms with van der Waals surface area (Å²) >= 11 is 12.8. The zero-order valence-electron chi connectivity index (χ0n) is 24.9. The number of ketones is 1. The summed E-state index contributed by atoms with van der Waals surface area (Å²) in [6.07, 6.45) is 5.86. The van der Waals surface area contributed by atoms with E-state index >= 15 is 0 Å². The Morgan fingerprint density at radius 3 is 2.16 bits per heavy atom. The van der Waals surface area contributed by atoms with Gasteiger partial charge >= 0.3 is 0 Å². The van der Waals surface area contributed by atoms with Gasteiger partial charge in [0.15, 0.2) is 0 Å². The minimum atomic E-state index is -0.177. The number of Topliss-reactive ketones (excluding diaryl/α,β-unsaturated/α-hetero) is 1. The molecule has 5 rings (SSSR count). The Kier molecular flexibility index (Phi) is 11.7. The second-order valence-electron chi connectivity index (χ2n) is 12.1. The van der Waals surface area contributed by atoms with E-state index in [1.54, 1.807) is 6.92 Å². The van der Waals surface area contributed by atoms with Gasteiger partial charge in [-0.15, -0.1) is 12.4 Å². The molecule has 2 aliphatic heterocycles. The van der Waals surface area contributed by atoms with Gasteiger partial charge in [0.2, 0.25) is 0 Å². The molecule has 3 aromatic carbocycles. The number of likely N-dealkylation sites (tertiary alicyclic amines) is 2. The lowest BCUT2D eigenvalue weighted by Crippen LogP contribution is -2.52. The number of halogens is 3. The summed E-state index contributed by atoms with van der Waals surface area (Å²) in [7, 11) is 0. The molecule has 3 aromatic rings. The highest BCUT2D eigenvalue weighted by molar-refractivity contribution is 6.42. The summed E-state index contributed by atoms with van der Waals surface area (Å²) in [6.45, 7) is 6.40. The third-order valence-corrected chi connectivity index (χ3v) is 10.00. The van der Waals surface area contributed by atoms with Crippen LogP contribution in [-0.2, 0) is 15.7 Å². The van der Waals surface area contributed by atoms with Crippen molar-refractivity contribution in [2.45, 2.75) is 56.4 Å². The number of rotatable bonds is 10. The molecule has 0 spiro atoms. The molecule has 2 fully saturated rings. The maximum absolute atomic E-state index is 13.5. The Morgan fingerprint density at radius 2 is 1.51 bits per heavy atom. The molecular formula is C35H42Cl3N3O2. The highest BCUT2D eigenvalue weighted by Gasteiger charge is 2.40. The van der Waals surface area contributed by atoms with Gasteiger partial charge in [0.25, 0.3) is 5.91 Å². The first kappa shape index (κ1) is 33.5. The van der Waals surface area contributed by atoms with E-state index in [9.17, 15) is 9.59 Å². The standard InChI is InChI=1S/C35H41Cl2N3O2.ClH/c1-27(41)25-38-35(29-12-6-3-7-13-29)18-22-39(23-19-35)20-8-16-34(30-14-15-31(36)32(37)24-30)17-9-21-40(26-34)33(42)28-10-4-2-5-11-28;/h2-7,10-15,24,38H,8-9,16-23,25-26H2,1H3;1H. The Balaban J connectivity index is 0.00000423. The monoisotopic (exact) mass is 641 g/mol. The average Bonchev–Trinajstić information content (AvgIpc) is 3.02. The molecule has 0 radical (unpaired) electrons. The fourth-order valence-electron chi connectivity index (χ4n) is 6.90. The zero-order chi connectivity index (χ0) is 29.6. The molecule has 2 heterocycles. The van der Waals surface area contributed by atoms with Crippen LogP contribution in [0.15, 0.2) is 78.9 Å². The molecule has 230 valence electrons. The van der Waals surface area contributed by atoms with Gasteiger partial charge < -0.3 is 15.1 Å². The van der Waals surface area contributed by atoms with E-state index in [0.29, 0.717) is 23.1 Å². The number of nitrogens with zero attached hydrogens (tertiary/aromatic N) is 2. The molecule has 0 aliphatic carbocycles. The van der Waals surface area contributed by atoms with Gasteiger partial charge in [0, 0.05) is 42.7 Å². The molecule has 5 nitrogen and oxygen atoms in total. The number of piperidine rings is 2. The summed E-state index contributed by atoms with van der Waals surface area (Å²) in [4.78, 5) is 29.9. The molecule has 0 saturated carbocycles. The van der Waals surface area contributed by atoms with E-state index in [4.69, 9.17) is 23.2 Å². The van der Waals surface area contributed by atoms with Gasteiger partial charge in [0.05, 0.1) is 16.6 Å². The van der Waals surface area contributed by atoms with E-state index in [1.807, 2.05) is 53.4 Å². The predicted molar refractivity (Wildman–Crippen MR) is 179 cm³/mol. The number of nitrogens with one attached hydrogen (secondary N) is 1. The number of benzene rings is 3. The van der Waals surface area contributed by atoms with E-state index < -0.39 is 0 Å². The second-order valence-corrected chi connectivity index (χ2v) is 12.9. The summed E-state index contributed by atoms with van der Waals surface area (Å²) < 4.78 is 0. The van der Waals surface area contributed by atoms with Gasteiger partial charge in [-0.3, -0.25) is 9.59 Å². The van der Waals surface area contributed by atoms with Crippen LogP contribution in [-0.4, -0.2) is 60.8 Å². The SMILES string of the molecule is CC(=O)CNC1(c2ccccc2)CCN(CCCC2(c3ccc(Cl)c(Cl)c3)CCCN(C(=O)c3ccccc3)C2)CC1.Cl. The van der Waals surface area contributed by atoms with Crippen LogP contribution in [0.2, 0.25) is 10.0 Å². The van der Waals surface area contributed by atoms with Crippen molar-refractivity contribution in [3.63, 3.8) is 0 Å². The predicted octanol–water partition coefficient (Wildman–Crippen LogP) is 7.54. The molecule has 0 aromatic heterocycles. The van der Waals surface area contributed by atoms with Crippen LogP contribution in [0, 0.1) is 0 Å². The summed E-state index contributed by atoms with van der Waals surface area (Å²) in [5.41, 5.74) is 2.80. The van der Waals surface area contributed by atoms with Gasteiger partial charge in [-0.2, -0.15) is 0 Å². The highest BCUT2D eigenvalue weighted by atomic mass is 35.5. The first-order chi connectivity index (χ1) is 20.3. The lowest BCUT2D eigenvalue weighted by atomic mass is 9.70. The van der Waals surface area contributed by atoms with E-state index in [0.717, 1.165) is 75.8 Å². The molecule has 43 heavy (non-hydrogen) atoms. The zero-order valence-corrected chi connectivity index (χ0v) is 27.2. The van der Waals surface area contributed by atoms with Crippen LogP contribution in [0.1, 0.15) is 66.9 Å². The summed E-state index contributed by atoms with van der Waals surface area (Å²) in [6, 6.07) is 26.1. The smallest absolute Gasteiger partial charge is 0.253 e. The largest absolute Gasteiger partial charge is 0.338 e. The fraction of sp³-hybridized carbons (Fsp3) is 0.429. The number of hydrogen-bond acceptors (Lipinski definition) is 4. The quantitative estimate of drug-likeness (QED) is 0.248. The second kappa shape index (κ2) is 15.0. The van der Waals surface area contributed by atoms with Crippen LogP contribution < -0.4 is 5.32 Å². The summed E-state index contributed by atoms with van der Waals surface area (Å²) in [5.74, 6) is 0.249. The Morgan fingerprint density at radius 1 is 0.837 bits per heavy atom. The van der Waals surface area contributed by atoms with Crippen LogP contribution >= 0.6 is 35.6 Å². The lowest BCUT2D eigenvalue weighted by molar-refractivity contribution is -0.116. The van der Waals surface area contributed by atoms with Crippen molar-refractivity contribution in [3.8, 4) is 0 Å². The van der Waals surface area contributed by atoms with Crippen molar-refractivity contribution in [1.82, 2.24) is 15.1 Å². The van der Waals surface area contributed by atoms with E-state index in [1.165, 1.54) is 5.56 Å². The minimum absolute atomic E-state index is 0. The Labute approximate surface area is 272 Å². The van der Waals surface area contributed by atoms with Crippen molar-refractivity contribution in [2.75, 3.05) is 39.3 Å². The minimum Gasteiger partial charge on any atom is -0.338 e. The molecule has 1 amide bonds. The van der Waals surface area contributed by atoms with Crippen molar-refractivity contribution in [1.29, 1.82) is 0 Å². The van der Waals surface area contributed by atoms with Gasteiger partial charge in [-0.25, -0.2) is 0 Å². The van der Waals surface area contributed by atoms with Gasteiger partial charge in [-0.1, -0.05) is 77.8 Å². The number of amides is 1. The normalized spacial score (nSPS) is 20.3. The molecular weight excluding hydrogens is 601 g/mol. The van der Waals surface area contributed by atoms with Crippen LogP contribution in [0.3, 0.4) is 0 Å². The van der Waals surface area contributed by atoms with Crippen LogP contribution in [0.25, 0.3) is 0 Å². The third kappa shape index (κ3) is 8.01. The molecule has 1 unspecified atom stereocenters. The van der Waals surface area contributed by atoms with E-state index in [-0.39, 0.29) is 35.1 Å². The number of carbonyl (C=O) groups excluding carboxylic acids is 2. The maximum atomic E-state index is 13.5. The lowest BCUT2D eigenvalue weighted by Gasteiger charge is -2.45. The number of hydrogen-bond donors (Lipinski definition) is 1. The highest BCUT2D eigenvalue weighted by Crippen LogP contribution is 2.41. The number of carbonyl (C=O) groups is 2. The Bertz CT molecular complexity index is 1360. The molecule has 0 bridgehead atoms. The molecule has 1 N–H and O–H groups in total. The first-order valence-corrected chi connectivity index (χ1v) is 15.9. The van der Waals surface area contributed by atoms with Crippen molar-refractivity contribution in [3.05, 3.63) is 106 Å². The van der Waals surface area contributed by atoms with Crippen LogP contribution in [0.4, 0.5) is 0 Å². The molecule has 2 saturated heterocycles. The van der Waals surface area contributed by atoms with Crippen molar-refractivity contribution < 1.29 is 9.59 Å². The third-order valence-electron chi connectivity index (χ3n) is 9.26. The summed E-state index contributed by atoms with van der Waals surface area (Å²) in [5, 5.41) is 4.72. The maximum Gasteiger partial charge on any atom is 0.253 e. The fourth-order valence-corrected chi connectivity index (χ4v) is 7.19. The topological polar surface area (TPSA) is 52.7 Å². The van der Waals surface area contributed by atoms with Crippen molar-refractivity contribution in [2.24, 2.45) is 0 Å². The molecule has 8 heteroatoms. The average molecular weight is 643 g/mol.